The SMILES string of the molecule is COc1ccc(Cl)cc1CC(Cc1cccc(F)c1)NN. The van der Waals surface area contributed by atoms with E-state index in [1.165, 1.54) is 12.1 Å². The lowest BCUT2D eigenvalue weighted by Crippen LogP contribution is -2.38. The molecule has 0 heterocycles. The largest absolute Gasteiger partial charge is 0.496 e. The van der Waals surface area contributed by atoms with Gasteiger partial charge in [-0.3, -0.25) is 11.3 Å². The van der Waals surface area contributed by atoms with Crippen LogP contribution in [0.1, 0.15) is 11.1 Å². The van der Waals surface area contributed by atoms with E-state index in [0.29, 0.717) is 17.9 Å². The normalized spacial score (nSPS) is 12.2. The van der Waals surface area contributed by atoms with E-state index in [0.717, 1.165) is 16.9 Å². The van der Waals surface area contributed by atoms with Crippen LogP contribution in [0.3, 0.4) is 0 Å². The Labute approximate surface area is 128 Å². The van der Waals surface area contributed by atoms with Gasteiger partial charge in [-0.2, -0.15) is 0 Å². The minimum atomic E-state index is -0.247. The van der Waals surface area contributed by atoms with Gasteiger partial charge in [0.2, 0.25) is 0 Å². The van der Waals surface area contributed by atoms with Crippen LogP contribution < -0.4 is 16.0 Å². The lowest BCUT2D eigenvalue weighted by Gasteiger charge is -2.18. The molecule has 2 aromatic rings. The van der Waals surface area contributed by atoms with Crippen LogP contribution in [-0.4, -0.2) is 13.2 Å². The standard InChI is InChI=1S/C16H18ClFN2O/c1-21-16-6-5-13(17)9-12(16)10-15(20-19)8-11-3-2-4-14(18)7-11/h2-7,9,15,20H,8,10,19H2,1H3. The Morgan fingerprint density at radius 2 is 2.05 bits per heavy atom. The van der Waals surface area contributed by atoms with Crippen LogP contribution in [-0.2, 0) is 12.8 Å². The molecule has 1 unspecified atom stereocenters. The van der Waals surface area contributed by atoms with Crippen molar-refractivity contribution in [3.8, 4) is 5.75 Å². The van der Waals surface area contributed by atoms with Gasteiger partial charge >= 0.3 is 0 Å². The molecule has 0 spiro atoms. The van der Waals surface area contributed by atoms with Gasteiger partial charge in [0.25, 0.3) is 0 Å². The van der Waals surface area contributed by atoms with E-state index in [2.05, 4.69) is 5.43 Å². The van der Waals surface area contributed by atoms with E-state index in [-0.39, 0.29) is 11.9 Å². The molecule has 2 rings (SSSR count). The molecule has 5 heteroatoms. The zero-order chi connectivity index (χ0) is 15.2. The van der Waals surface area contributed by atoms with Crippen molar-refractivity contribution < 1.29 is 9.13 Å². The molecule has 0 amide bonds. The quantitative estimate of drug-likeness (QED) is 0.637. The Hall–Kier alpha value is -1.62. The van der Waals surface area contributed by atoms with E-state index < -0.39 is 0 Å². The number of rotatable bonds is 6. The van der Waals surface area contributed by atoms with Crippen LogP contribution in [0.25, 0.3) is 0 Å². The van der Waals surface area contributed by atoms with Crippen LogP contribution in [0.2, 0.25) is 5.02 Å². The molecule has 0 bridgehead atoms. The highest BCUT2D eigenvalue weighted by Crippen LogP contribution is 2.24. The molecule has 0 fully saturated rings. The highest BCUT2D eigenvalue weighted by molar-refractivity contribution is 6.30. The predicted octanol–water partition coefficient (Wildman–Crippen LogP) is 3.10. The zero-order valence-corrected chi connectivity index (χ0v) is 12.5. The van der Waals surface area contributed by atoms with Gasteiger partial charge in [0, 0.05) is 11.1 Å². The van der Waals surface area contributed by atoms with Gasteiger partial charge in [-0.25, -0.2) is 4.39 Å². The maximum absolute atomic E-state index is 13.2. The van der Waals surface area contributed by atoms with Crippen molar-refractivity contribution in [1.82, 2.24) is 5.43 Å². The lowest BCUT2D eigenvalue weighted by atomic mass is 9.99. The fraction of sp³-hybridized carbons (Fsp3) is 0.250. The van der Waals surface area contributed by atoms with Gasteiger partial charge in [0.1, 0.15) is 11.6 Å². The van der Waals surface area contributed by atoms with Gasteiger partial charge in [0.05, 0.1) is 7.11 Å². The molecule has 0 saturated carbocycles. The van der Waals surface area contributed by atoms with Gasteiger partial charge < -0.3 is 4.74 Å². The van der Waals surface area contributed by atoms with Gasteiger partial charge in [0.15, 0.2) is 0 Å². The molecule has 3 nitrogen and oxygen atoms in total. The summed E-state index contributed by atoms with van der Waals surface area (Å²) in [5.74, 6) is 6.13. The molecule has 112 valence electrons. The maximum atomic E-state index is 13.2. The van der Waals surface area contributed by atoms with Gasteiger partial charge in [-0.1, -0.05) is 23.7 Å². The van der Waals surface area contributed by atoms with Crippen LogP contribution in [0, 0.1) is 5.82 Å². The Bertz CT molecular complexity index is 607. The molecule has 0 aliphatic rings. The van der Waals surface area contributed by atoms with Gasteiger partial charge in [-0.15, -0.1) is 0 Å². The number of ether oxygens (including phenoxy) is 1. The number of nitrogens with two attached hydrogens (primary N) is 1. The van der Waals surface area contributed by atoms with Crippen LogP contribution in [0.4, 0.5) is 4.39 Å². The second-order valence-electron chi connectivity index (χ2n) is 4.86. The van der Waals surface area contributed by atoms with E-state index in [1.807, 2.05) is 18.2 Å². The Morgan fingerprint density at radius 1 is 1.24 bits per heavy atom. The minimum Gasteiger partial charge on any atom is -0.496 e. The first-order chi connectivity index (χ1) is 10.1. The smallest absolute Gasteiger partial charge is 0.123 e. The number of benzene rings is 2. The molecule has 21 heavy (non-hydrogen) atoms. The van der Waals surface area contributed by atoms with Crippen molar-refractivity contribution in [2.45, 2.75) is 18.9 Å². The third-order valence-electron chi connectivity index (χ3n) is 3.32. The fourth-order valence-corrected chi connectivity index (χ4v) is 2.51. The Kier molecular flexibility index (Phi) is 5.56. The third-order valence-corrected chi connectivity index (χ3v) is 3.55. The molecule has 0 saturated heterocycles. The molecule has 0 radical (unpaired) electrons. The Balaban J connectivity index is 2.14. The molecular weight excluding hydrogens is 291 g/mol. The summed E-state index contributed by atoms with van der Waals surface area (Å²) in [6, 6.07) is 11.9. The second-order valence-corrected chi connectivity index (χ2v) is 5.29. The number of nitrogens with one attached hydrogen (secondary N) is 1. The van der Waals surface area contributed by atoms with Crippen LogP contribution in [0.5, 0.6) is 5.75 Å². The zero-order valence-electron chi connectivity index (χ0n) is 11.8. The molecule has 2 aromatic carbocycles. The molecule has 0 aliphatic carbocycles. The lowest BCUT2D eigenvalue weighted by molar-refractivity contribution is 0.404. The summed E-state index contributed by atoms with van der Waals surface area (Å²) in [6.07, 6.45) is 1.25. The van der Waals surface area contributed by atoms with Crippen molar-refractivity contribution in [2.24, 2.45) is 5.84 Å². The topological polar surface area (TPSA) is 47.3 Å². The third kappa shape index (κ3) is 4.43. The minimum absolute atomic E-state index is 0.0424. The number of hydrazine groups is 1. The molecule has 3 N–H and O–H groups in total. The van der Waals surface area contributed by atoms with Crippen molar-refractivity contribution in [3.63, 3.8) is 0 Å². The number of hydrogen-bond acceptors (Lipinski definition) is 3. The van der Waals surface area contributed by atoms with E-state index >= 15 is 0 Å². The number of methoxy groups -OCH3 is 1. The summed E-state index contributed by atoms with van der Waals surface area (Å²) in [6.45, 7) is 0. The average molecular weight is 309 g/mol. The highest BCUT2D eigenvalue weighted by Gasteiger charge is 2.13. The molecule has 1 atom stereocenters. The summed E-state index contributed by atoms with van der Waals surface area (Å²) in [7, 11) is 1.62. The first-order valence-corrected chi connectivity index (χ1v) is 7.03. The fourth-order valence-electron chi connectivity index (χ4n) is 2.31. The van der Waals surface area contributed by atoms with Crippen LogP contribution in [0.15, 0.2) is 42.5 Å². The molecule has 0 aromatic heterocycles. The number of hydrogen-bond donors (Lipinski definition) is 2. The summed E-state index contributed by atoms with van der Waals surface area (Å²) < 4.78 is 18.6. The summed E-state index contributed by atoms with van der Waals surface area (Å²) in [5, 5.41) is 0.646. The van der Waals surface area contributed by atoms with Crippen molar-refractivity contribution in [3.05, 3.63) is 64.4 Å². The van der Waals surface area contributed by atoms with E-state index in [1.54, 1.807) is 19.2 Å². The first-order valence-electron chi connectivity index (χ1n) is 6.65. The highest BCUT2D eigenvalue weighted by atomic mass is 35.5. The van der Waals surface area contributed by atoms with E-state index in [9.17, 15) is 4.39 Å². The van der Waals surface area contributed by atoms with E-state index in [4.69, 9.17) is 22.2 Å². The summed E-state index contributed by atoms with van der Waals surface area (Å²) in [5.41, 5.74) is 4.62. The van der Waals surface area contributed by atoms with Gasteiger partial charge in [-0.05, 0) is 54.3 Å². The Morgan fingerprint density at radius 3 is 2.71 bits per heavy atom. The van der Waals surface area contributed by atoms with Crippen LogP contribution >= 0.6 is 11.6 Å². The van der Waals surface area contributed by atoms with Crippen molar-refractivity contribution >= 4 is 11.6 Å². The van der Waals surface area contributed by atoms with Crippen molar-refractivity contribution in [1.29, 1.82) is 0 Å². The molecule has 0 aliphatic heterocycles. The summed E-state index contributed by atoms with van der Waals surface area (Å²) >= 11 is 6.02. The van der Waals surface area contributed by atoms with Crippen molar-refractivity contribution in [2.75, 3.05) is 7.11 Å². The second kappa shape index (κ2) is 7.41. The monoisotopic (exact) mass is 308 g/mol. The maximum Gasteiger partial charge on any atom is 0.123 e. The average Bonchev–Trinajstić information content (AvgIpc) is 2.47. The predicted molar refractivity (Wildman–Crippen MR) is 82.9 cm³/mol. The first kappa shape index (κ1) is 15.8. The summed E-state index contributed by atoms with van der Waals surface area (Å²) in [4.78, 5) is 0. The molecular formula is C16H18ClFN2O. The number of halogens is 2.